The quantitative estimate of drug-likeness (QED) is 0.860. The highest BCUT2D eigenvalue weighted by molar-refractivity contribution is 7.89. The fraction of sp³-hybridized carbons (Fsp3) is 0.278. The molecule has 9 heteroatoms. The Kier molecular flexibility index (Phi) is 5.52. The lowest BCUT2D eigenvalue weighted by molar-refractivity contribution is -0.120. The number of sulfonamides is 1. The second-order valence-electron chi connectivity index (χ2n) is 6.19. The van der Waals surface area contributed by atoms with Gasteiger partial charge in [0.25, 0.3) is 0 Å². The van der Waals surface area contributed by atoms with E-state index in [2.05, 4.69) is 5.32 Å². The molecule has 27 heavy (non-hydrogen) atoms. The van der Waals surface area contributed by atoms with Crippen LogP contribution in [0.5, 0.6) is 0 Å². The van der Waals surface area contributed by atoms with E-state index in [4.69, 9.17) is 0 Å². The van der Waals surface area contributed by atoms with Gasteiger partial charge in [0.2, 0.25) is 15.9 Å². The number of rotatable bonds is 4. The lowest BCUT2D eigenvalue weighted by Crippen LogP contribution is -2.49. The molecule has 0 aliphatic carbocycles. The lowest BCUT2D eigenvalue weighted by Gasteiger charge is -2.33. The van der Waals surface area contributed by atoms with Crippen molar-refractivity contribution in [3.63, 3.8) is 0 Å². The van der Waals surface area contributed by atoms with Crippen LogP contribution >= 0.6 is 0 Å². The van der Waals surface area contributed by atoms with Gasteiger partial charge in [0, 0.05) is 12.6 Å². The summed E-state index contributed by atoms with van der Waals surface area (Å²) >= 11 is 0. The van der Waals surface area contributed by atoms with Crippen LogP contribution in [-0.2, 0) is 14.8 Å². The molecule has 2 aromatic carbocycles. The SMILES string of the molecule is O=C(Nc1ccc(F)cc1F)C1CCCCN1S(=O)(=O)c1ccc(F)cc1. The molecule has 1 aliphatic rings. The minimum atomic E-state index is -4.03. The van der Waals surface area contributed by atoms with E-state index < -0.39 is 39.4 Å². The first kappa shape index (κ1) is 19.4. The molecule has 1 N–H and O–H groups in total. The molecule has 2 aromatic rings. The Hall–Kier alpha value is -2.39. The van der Waals surface area contributed by atoms with Gasteiger partial charge in [-0.1, -0.05) is 6.42 Å². The van der Waals surface area contributed by atoms with Crippen LogP contribution in [-0.4, -0.2) is 31.2 Å². The molecular formula is C18H17F3N2O3S. The Bertz CT molecular complexity index is 949. The molecule has 0 aromatic heterocycles. The molecule has 0 saturated carbocycles. The summed E-state index contributed by atoms with van der Waals surface area (Å²) in [6, 6.07) is 5.97. The normalized spacial score (nSPS) is 18.3. The molecule has 1 saturated heterocycles. The van der Waals surface area contributed by atoms with Gasteiger partial charge in [-0.15, -0.1) is 0 Å². The molecule has 3 rings (SSSR count). The van der Waals surface area contributed by atoms with Crippen molar-refractivity contribution >= 4 is 21.6 Å². The zero-order valence-electron chi connectivity index (χ0n) is 14.2. The van der Waals surface area contributed by atoms with Gasteiger partial charge in [0.1, 0.15) is 23.5 Å². The summed E-state index contributed by atoms with van der Waals surface area (Å²) in [7, 11) is -4.03. The Labute approximate surface area is 154 Å². The van der Waals surface area contributed by atoms with Crippen molar-refractivity contribution in [1.82, 2.24) is 4.31 Å². The molecule has 1 amide bonds. The second-order valence-corrected chi connectivity index (χ2v) is 8.09. The minimum Gasteiger partial charge on any atom is -0.322 e. The van der Waals surface area contributed by atoms with Gasteiger partial charge in [0.05, 0.1) is 10.6 Å². The van der Waals surface area contributed by atoms with E-state index in [1.165, 1.54) is 0 Å². The number of hydrogen-bond acceptors (Lipinski definition) is 3. The first-order chi connectivity index (χ1) is 12.8. The number of carbonyl (C=O) groups excluding carboxylic acids is 1. The van der Waals surface area contributed by atoms with Crippen molar-refractivity contribution in [1.29, 1.82) is 0 Å². The van der Waals surface area contributed by atoms with E-state index >= 15 is 0 Å². The van der Waals surface area contributed by atoms with Crippen molar-refractivity contribution < 1.29 is 26.4 Å². The summed E-state index contributed by atoms with van der Waals surface area (Å²) in [6.07, 6.45) is 1.45. The third-order valence-corrected chi connectivity index (χ3v) is 6.29. The topological polar surface area (TPSA) is 66.5 Å². The summed E-state index contributed by atoms with van der Waals surface area (Å²) in [5.41, 5.74) is -0.230. The van der Waals surface area contributed by atoms with Crippen molar-refractivity contribution in [3.05, 3.63) is 59.9 Å². The summed E-state index contributed by atoms with van der Waals surface area (Å²) < 4.78 is 66.7. The Balaban J connectivity index is 1.86. The van der Waals surface area contributed by atoms with E-state index in [0.717, 1.165) is 40.7 Å². The van der Waals surface area contributed by atoms with Crippen LogP contribution in [0.15, 0.2) is 47.4 Å². The third-order valence-electron chi connectivity index (χ3n) is 4.37. The summed E-state index contributed by atoms with van der Waals surface area (Å²) in [4.78, 5) is 12.5. The number of piperidine rings is 1. The van der Waals surface area contributed by atoms with Gasteiger partial charge in [0.15, 0.2) is 0 Å². The van der Waals surface area contributed by atoms with E-state index in [9.17, 15) is 26.4 Å². The Morgan fingerprint density at radius 2 is 1.67 bits per heavy atom. The van der Waals surface area contributed by atoms with Crippen molar-refractivity contribution in [3.8, 4) is 0 Å². The molecular weight excluding hydrogens is 381 g/mol. The molecule has 1 fully saturated rings. The van der Waals surface area contributed by atoms with Crippen LogP contribution < -0.4 is 5.32 Å². The Morgan fingerprint density at radius 1 is 1.00 bits per heavy atom. The van der Waals surface area contributed by atoms with Crippen LogP contribution in [0.2, 0.25) is 0 Å². The fourth-order valence-electron chi connectivity index (χ4n) is 3.00. The number of hydrogen-bond donors (Lipinski definition) is 1. The van der Waals surface area contributed by atoms with Gasteiger partial charge >= 0.3 is 0 Å². The van der Waals surface area contributed by atoms with Crippen LogP contribution in [0.3, 0.4) is 0 Å². The maximum absolute atomic E-state index is 13.8. The maximum Gasteiger partial charge on any atom is 0.243 e. The molecule has 1 unspecified atom stereocenters. The van der Waals surface area contributed by atoms with Gasteiger partial charge < -0.3 is 5.32 Å². The highest BCUT2D eigenvalue weighted by atomic mass is 32.2. The number of nitrogens with zero attached hydrogens (tertiary/aromatic N) is 1. The predicted octanol–water partition coefficient (Wildman–Crippen LogP) is 3.29. The molecule has 0 radical (unpaired) electrons. The van der Waals surface area contributed by atoms with Crippen molar-refractivity contribution in [2.75, 3.05) is 11.9 Å². The average molecular weight is 398 g/mol. The van der Waals surface area contributed by atoms with E-state index in [-0.39, 0.29) is 23.5 Å². The van der Waals surface area contributed by atoms with E-state index in [1.807, 2.05) is 0 Å². The molecule has 5 nitrogen and oxygen atoms in total. The maximum atomic E-state index is 13.8. The smallest absolute Gasteiger partial charge is 0.243 e. The van der Waals surface area contributed by atoms with E-state index in [1.54, 1.807) is 0 Å². The number of halogens is 3. The summed E-state index contributed by atoms with van der Waals surface area (Å²) in [5.74, 6) is -3.02. The monoisotopic (exact) mass is 398 g/mol. The van der Waals surface area contributed by atoms with Gasteiger partial charge in [-0.2, -0.15) is 4.31 Å². The molecule has 0 bridgehead atoms. The Morgan fingerprint density at radius 3 is 2.33 bits per heavy atom. The fourth-order valence-corrected chi connectivity index (χ4v) is 4.66. The molecule has 1 heterocycles. The highest BCUT2D eigenvalue weighted by Gasteiger charge is 2.37. The van der Waals surface area contributed by atoms with Gasteiger partial charge in [-0.25, -0.2) is 21.6 Å². The van der Waals surface area contributed by atoms with Crippen LogP contribution in [0.25, 0.3) is 0 Å². The van der Waals surface area contributed by atoms with Gasteiger partial charge in [-0.05, 0) is 49.2 Å². The molecule has 144 valence electrons. The first-order valence-electron chi connectivity index (χ1n) is 8.32. The number of benzene rings is 2. The van der Waals surface area contributed by atoms with Crippen LogP contribution in [0, 0.1) is 17.5 Å². The third kappa shape index (κ3) is 4.14. The number of anilines is 1. The average Bonchev–Trinajstić information content (AvgIpc) is 2.64. The first-order valence-corrected chi connectivity index (χ1v) is 9.76. The van der Waals surface area contributed by atoms with Crippen LogP contribution in [0.1, 0.15) is 19.3 Å². The minimum absolute atomic E-state index is 0.115. The summed E-state index contributed by atoms with van der Waals surface area (Å²) in [5, 5.41) is 2.32. The largest absolute Gasteiger partial charge is 0.322 e. The zero-order chi connectivity index (χ0) is 19.6. The lowest BCUT2D eigenvalue weighted by atomic mass is 10.0. The zero-order valence-corrected chi connectivity index (χ0v) is 15.0. The molecule has 1 aliphatic heterocycles. The van der Waals surface area contributed by atoms with Gasteiger partial charge in [-0.3, -0.25) is 4.79 Å². The second kappa shape index (κ2) is 7.69. The predicted molar refractivity (Wildman–Crippen MR) is 92.9 cm³/mol. The molecule has 0 spiro atoms. The standard InChI is InChI=1S/C18H17F3N2O3S/c19-12-4-7-14(8-5-12)27(25,26)23-10-2-1-3-17(23)18(24)22-16-9-6-13(20)11-15(16)21/h4-9,11,17H,1-3,10H2,(H,22,24). The number of amides is 1. The van der Waals surface area contributed by atoms with E-state index in [0.29, 0.717) is 18.9 Å². The number of carbonyl (C=O) groups is 1. The van der Waals surface area contributed by atoms with Crippen LogP contribution in [0.4, 0.5) is 18.9 Å². The highest BCUT2D eigenvalue weighted by Crippen LogP contribution is 2.27. The summed E-state index contributed by atoms with van der Waals surface area (Å²) in [6.45, 7) is 0.115. The van der Waals surface area contributed by atoms with Crippen molar-refractivity contribution in [2.24, 2.45) is 0 Å². The van der Waals surface area contributed by atoms with Crippen molar-refractivity contribution in [2.45, 2.75) is 30.2 Å². The number of nitrogens with one attached hydrogen (secondary N) is 1. The molecule has 1 atom stereocenters.